The minimum absolute atomic E-state index is 0.357. The van der Waals surface area contributed by atoms with Crippen LogP contribution in [0.5, 0.6) is 0 Å². The predicted molar refractivity (Wildman–Crippen MR) is 105 cm³/mol. The van der Waals surface area contributed by atoms with Crippen LogP contribution in [0, 0.1) is 23.3 Å². The van der Waals surface area contributed by atoms with Crippen LogP contribution in [0.25, 0.3) is 0 Å². The minimum Gasteiger partial charge on any atom is -0.394 e. The SMILES string of the molecule is CCC(O)(Cc1cc(F)ccc1F)[C@@H](O)[C@@](O)(Cc1cc(F)ccc1F)[C@H](O)[C@@H](O)CO. The van der Waals surface area contributed by atoms with Gasteiger partial charge in [0.2, 0.25) is 0 Å². The first kappa shape index (κ1) is 26.2. The number of aliphatic hydroxyl groups excluding tert-OH is 4. The molecule has 0 aromatic heterocycles. The standard InChI is InChI=1S/C22H26F4O6/c1-2-21(31,9-12-7-14(23)3-5-16(12)25)20(30)22(32,19(29)18(28)11-27)10-13-8-15(24)4-6-17(13)26/h3-8,18-20,27-32H,2,9-11H2,1H3/t18-,19+,20+,21?,22+/m0/s1. The van der Waals surface area contributed by atoms with Gasteiger partial charge in [0.25, 0.3) is 0 Å². The molecule has 1 unspecified atom stereocenters. The van der Waals surface area contributed by atoms with Gasteiger partial charge in [0.05, 0.1) is 12.2 Å². The lowest BCUT2D eigenvalue weighted by Gasteiger charge is -2.45. The van der Waals surface area contributed by atoms with Crippen molar-refractivity contribution in [3.63, 3.8) is 0 Å². The van der Waals surface area contributed by atoms with E-state index in [-0.39, 0.29) is 12.0 Å². The van der Waals surface area contributed by atoms with E-state index in [1.54, 1.807) is 0 Å². The van der Waals surface area contributed by atoms with E-state index >= 15 is 0 Å². The molecule has 0 amide bonds. The molecule has 2 aromatic carbocycles. The molecule has 0 fully saturated rings. The topological polar surface area (TPSA) is 121 Å². The van der Waals surface area contributed by atoms with Crippen LogP contribution in [0.15, 0.2) is 36.4 Å². The van der Waals surface area contributed by atoms with Crippen molar-refractivity contribution in [1.82, 2.24) is 0 Å². The highest BCUT2D eigenvalue weighted by atomic mass is 19.1. The number of rotatable bonds is 10. The fourth-order valence-corrected chi connectivity index (χ4v) is 3.67. The van der Waals surface area contributed by atoms with Crippen molar-refractivity contribution in [1.29, 1.82) is 0 Å². The second kappa shape index (κ2) is 10.2. The molecule has 10 heteroatoms. The summed E-state index contributed by atoms with van der Waals surface area (Å²) in [6.45, 7) is 0.267. The molecule has 5 atom stereocenters. The molecule has 178 valence electrons. The number of benzene rings is 2. The Morgan fingerprint density at radius 1 is 0.812 bits per heavy atom. The average molecular weight is 462 g/mol. The largest absolute Gasteiger partial charge is 0.394 e. The number of hydrogen-bond donors (Lipinski definition) is 6. The minimum atomic E-state index is -2.94. The molecule has 6 nitrogen and oxygen atoms in total. The van der Waals surface area contributed by atoms with Gasteiger partial charge >= 0.3 is 0 Å². The molecular weight excluding hydrogens is 436 g/mol. The summed E-state index contributed by atoms with van der Waals surface area (Å²) in [4.78, 5) is 0. The lowest BCUT2D eigenvalue weighted by Crippen LogP contribution is -2.66. The van der Waals surface area contributed by atoms with Crippen molar-refractivity contribution >= 4 is 0 Å². The summed E-state index contributed by atoms with van der Waals surface area (Å²) in [6.07, 6.45) is -8.87. The Labute approximate surface area is 182 Å². The van der Waals surface area contributed by atoms with Gasteiger partial charge in [-0.1, -0.05) is 6.92 Å². The normalized spacial score (nSPS) is 18.5. The quantitative estimate of drug-likeness (QED) is 0.293. The van der Waals surface area contributed by atoms with E-state index in [4.69, 9.17) is 0 Å². The Hall–Kier alpha value is -2.08. The van der Waals surface area contributed by atoms with Crippen LogP contribution in [0.4, 0.5) is 17.6 Å². The van der Waals surface area contributed by atoms with Gasteiger partial charge in [0.1, 0.15) is 47.2 Å². The molecule has 2 aromatic rings. The average Bonchev–Trinajstić information content (AvgIpc) is 2.76. The smallest absolute Gasteiger partial charge is 0.126 e. The third kappa shape index (κ3) is 5.45. The van der Waals surface area contributed by atoms with Crippen molar-refractivity contribution in [2.45, 2.75) is 55.7 Å². The van der Waals surface area contributed by atoms with E-state index in [1.807, 2.05) is 0 Å². The highest BCUT2D eigenvalue weighted by molar-refractivity contribution is 5.25. The maximum atomic E-state index is 14.2. The summed E-state index contributed by atoms with van der Waals surface area (Å²) in [7, 11) is 0. The Morgan fingerprint density at radius 2 is 1.28 bits per heavy atom. The molecule has 0 heterocycles. The first-order chi connectivity index (χ1) is 14.9. The van der Waals surface area contributed by atoms with Crippen molar-refractivity contribution in [2.75, 3.05) is 6.61 Å². The predicted octanol–water partition coefficient (Wildman–Crippen LogP) is 0.975. The monoisotopic (exact) mass is 462 g/mol. The summed E-state index contributed by atoms with van der Waals surface area (Å²) in [5.74, 6) is -3.66. The molecule has 0 saturated heterocycles. The third-order valence-corrected chi connectivity index (χ3v) is 5.64. The fourth-order valence-electron chi connectivity index (χ4n) is 3.67. The maximum absolute atomic E-state index is 14.2. The highest BCUT2D eigenvalue weighted by Gasteiger charge is 2.54. The number of halogens is 4. The molecule has 0 aliphatic carbocycles. The molecule has 32 heavy (non-hydrogen) atoms. The van der Waals surface area contributed by atoms with Gasteiger partial charge in [-0.05, 0) is 53.9 Å². The Morgan fingerprint density at radius 3 is 1.72 bits per heavy atom. The molecule has 0 bridgehead atoms. The van der Waals surface area contributed by atoms with Crippen LogP contribution in [0.2, 0.25) is 0 Å². The van der Waals surface area contributed by atoms with Crippen LogP contribution >= 0.6 is 0 Å². The van der Waals surface area contributed by atoms with Crippen molar-refractivity contribution in [2.24, 2.45) is 0 Å². The molecular formula is C22H26F4O6. The van der Waals surface area contributed by atoms with E-state index in [9.17, 15) is 48.2 Å². The Kier molecular flexibility index (Phi) is 8.38. The second-order valence-corrected chi connectivity index (χ2v) is 7.87. The molecule has 0 aliphatic rings. The Bertz CT molecular complexity index is 929. The van der Waals surface area contributed by atoms with E-state index in [1.165, 1.54) is 6.92 Å². The zero-order valence-corrected chi connectivity index (χ0v) is 17.2. The summed E-state index contributed by atoms with van der Waals surface area (Å²) in [6, 6.07) is 4.62. The number of aliphatic hydroxyl groups is 6. The van der Waals surface area contributed by atoms with Crippen LogP contribution in [-0.2, 0) is 12.8 Å². The molecule has 0 spiro atoms. The summed E-state index contributed by atoms with van der Waals surface area (Å²) in [5, 5.41) is 62.8. The van der Waals surface area contributed by atoms with E-state index in [2.05, 4.69) is 0 Å². The molecule has 2 rings (SSSR count). The summed E-state index contributed by atoms with van der Waals surface area (Å²) in [5.41, 5.74) is -6.22. The van der Waals surface area contributed by atoms with Gasteiger partial charge in [-0.15, -0.1) is 0 Å². The van der Waals surface area contributed by atoms with Crippen molar-refractivity contribution in [3.8, 4) is 0 Å². The van der Waals surface area contributed by atoms with Gasteiger partial charge in [0, 0.05) is 12.8 Å². The second-order valence-electron chi connectivity index (χ2n) is 7.87. The molecule has 0 aliphatic heterocycles. The van der Waals surface area contributed by atoms with Gasteiger partial charge in [-0.2, -0.15) is 0 Å². The van der Waals surface area contributed by atoms with Gasteiger partial charge in [-0.3, -0.25) is 0 Å². The van der Waals surface area contributed by atoms with E-state index in [0.29, 0.717) is 6.07 Å². The first-order valence-corrected chi connectivity index (χ1v) is 9.85. The molecule has 6 N–H and O–H groups in total. The maximum Gasteiger partial charge on any atom is 0.126 e. The molecule has 0 radical (unpaired) electrons. The van der Waals surface area contributed by atoms with E-state index < -0.39 is 77.8 Å². The van der Waals surface area contributed by atoms with Gasteiger partial charge in [0.15, 0.2) is 0 Å². The zero-order chi connectivity index (χ0) is 24.3. The lowest BCUT2D eigenvalue weighted by molar-refractivity contribution is -0.229. The van der Waals surface area contributed by atoms with Crippen molar-refractivity contribution < 1.29 is 48.2 Å². The summed E-state index contributed by atoms with van der Waals surface area (Å²) < 4.78 is 55.6. The van der Waals surface area contributed by atoms with Crippen LogP contribution in [-0.4, -0.2) is 66.8 Å². The van der Waals surface area contributed by atoms with Gasteiger partial charge in [-0.25, -0.2) is 17.6 Å². The zero-order valence-electron chi connectivity index (χ0n) is 17.2. The van der Waals surface area contributed by atoms with E-state index in [0.717, 1.165) is 30.3 Å². The lowest BCUT2D eigenvalue weighted by atomic mass is 9.72. The van der Waals surface area contributed by atoms with Crippen LogP contribution < -0.4 is 0 Å². The molecule has 0 saturated carbocycles. The van der Waals surface area contributed by atoms with Crippen LogP contribution in [0.3, 0.4) is 0 Å². The first-order valence-electron chi connectivity index (χ1n) is 9.85. The van der Waals surface area contributed by atoms with Crippen molar-refractivity contribution in [3.05, 3.63) is 70.8 Å². The fraction of sp³-hybridized carbons (Fsp3) is 0.455. The van der Waals surface area contributed by atoms with Crippen LogP contribution in [0.1, 0.15) is 24.5 Å². The van der Waals surface area contributed by atoms with Gasteiger partial charge < -0.3 is 30.6 Å². The number of hydrogen-bond acceptors (Lipinski definition) is 6. The summed E-state index contributed by atoms with van der Waals surface area (Å²) >= 11 is 0. The third-order valence-electron chi connectivity index (χ3n) is 5.64. The Balaban J connectivity index is 2.54. The highest BCUT2D eigenvalue weighted by Crippen LogP contribution is 2.35.